The zero-order chi connectivity index (χ0) is 17.4. The molecule has 0 saturated carbocycles. The molecule has 7 nitrogen and oxygen atoms in total. The minimum absolute atomic E-state index is 0.0115. The van der Waals surface area contributed by atoms with Crippen LogP contribution in [0.4, 0.5) is 0 Å². The Balaban J connectivity index is 1.45. The smallest absolute Gasteiger partial charge is 0.298 e. The summed E-state index contributed by atoms with van der Waals surface area (Å²) < 4.78 is 15.6. The molecule has 1 fully saturated rings. The van der Waals surface area contributed by atoms with Gasteiger partial charge in [0.15, 0.2) is 17.3 Å². The molecule has 25 heavy (non-hydrogen) atoms. The van der Waals surface area contributed by atoms with Crippen LogP contribution < -0.4 is 9.47 Å². The van der Waals surface area contributed by atoms with Gasteiger partial charge in [-0.1, -0.05) is 6.07 Å². The van der Waals surface area contributed by atoms with E-state index in [1.54, 1.807) is 6.07 Å². The number of likely N-dealkylation sites (tertiary alicyclic amines) is 1. The zero-order valence-corrected chi connectivity index (χ0v) is 13.4. The fourth-order valence-electron chi connectivity index (χ4n) is 3.31. The SMILES string of the molecule is O=C(C(=O)N1CC[C@@H](c2ccc3c(c2)OCO3)[C@H](O)C1)c1ccco1. The molecule has 0 bridgehead atoms. The topological polar surface area (TPSA) is 89.2 Å². The van der Waals surface area contributed by atoms with E-state index in [9.17, 15) is 14.7 Å². The summed E-state index contributed by atoms with van der Waals surface area (Å²) in [6, 6.07) is 8.59. The van der Waals surface area contributed by atoms with Crippen LogP contribution in [0.15, 0.2) is 41.0 Å². The summed E-state index contributed by atoms with van der Waals surface area (Å²) in [5.41, 5.74) is 0.932. The number of aliphatic hydroxyl groups is 1. The average Bonchev–Trinajstić information content (AvgIpc) is 3.31. The number of benzene rings is 1. The molecule has 2 aliphatic heterocycles. The molecule has 1 aromatic heterocycles. The van der Waals surface area contributed by atoms with Gasteiger partial charge in [0, 0.05) is 19.0 Å². The molecule has 1 saturated heterocycles. The van der Waals surface area contributed by atoms with E-state index in [0.29, 0.717) is 24.5 Å². The van der Waals surface area contributed by atoms with E-state index in [-0.39, 0.29) is 25.0 Å². The van der Waals surface area contributed by atoms with Crippen molar-refractivity contribution in [2.24, 2.45) is 0 Å². The van der Waals surface area contributed by atoms with Gasteiger partial charge in [0.25, 0.3) is 11.7 Å². The number of ether oxygens (including phenoxy) is 2. The van der Waals surface area contributed by atoms with Crippen LogP contribution in [0.2, 0.25) is 0 Å². The lowest BCUT2D eigenvalue weighted by molar-refractivity contribution is -0.129. The Kier molecular flexibility index (Phi) is 3.93. The first kappa shape index (κ1) is 15.7. The molecule has 0 spiro atoms. The number of rotatable bonds is 3. The number of piperidine rings is 1. The van der Waals surface area contributed by atoms with Crippen LogP contribution in [0, 0.1) is 0 Å². The van der Waals surface area contributed by atoms with E-state index >= 15 is 0 Å². The van der Waals surface area contributed by atoms with Gasteiger partial charge >= 0.3 is 0 Å². The molecule has 3 heterocycles. The number of ketones is 1. The molecule has 2 atom stereocenters. The number of hydrogen-bond donors (Lipinski definition) is 1. The van der Waals surface area contributed by atoms with Crippen LogP contribution in [-0.4, -0.2) is 47.7 Å². The Morgan fingerprint density at radius 3 is 2.76 bits per heavy atom. The van der Waals surface area contributed by atoms with E-state index in [1.165, 1.54) is 17.2 Å². The quantitative estimate of drug-likeness (QED) is 0.672. The molecule has 1 amide bonds. The maximum atomic E-state index is 12.3. The molecule has 1 aromatic carbocycles. The number of carbonyl (C=O) groups excluding carboxylic acids is 2. The highest BCUT2D eigenvalue weighted by Crippen LogP contribution is 2.37. The predicted molar refractivity (Wildman–Crippen MR) is 85.5 cm³/mol. The minimum atomic E-state index is -0.762. The van der Waals surface area contributed by atoms with E-state index < -0.39 is 17.8 Å². The Morgan fingerprint density at radius 2 is 2.00 bits per heavy atom. The van der Waals surface area contributed by atoms with Crippen molar-refractivity contribution in [2.75, 3.05) is 19.9 Å². The highest BCUT2D eigenvalue weighted by Gasteiger charge is 2.35. The molecule has 2 aromatic rings. The second kappa shape index (κ2) is 6.25. The molecule has 0 radical (unpaired) electrons. The van der Waals surface area contributed by atoms with Gasteiger partial charge in [-0.3, -0.25) is 9.59 Å². The molecular weight excluding hydrogens is 326 g/mol. The maximum Gasteiger partial charge on any atom is 0.298 e. The highest BCUT2D eigenvalue weighted by atomic mass is 16.7. The van der Waals surface area contributed by atoms with Crippen molar-refractivity contribution in [3.63, 3.8) is 0 Å². The second-order valence-corrected chi connectivity index (χ2v) is 6.13. The van der Waals surface area contributed by atoms with Crippen molar-refractivity contribution in [3.8, 4) is 11.5 Å². The molecule has 1 N–H and O–H groups in total. The highest BCUT2D eigenvalue weighted by molar-refractivity contribution is 6.41. The Hall–Kier alpha value is -2.80. The van der Waals surface area contributed by atoms with Crippen molar-refractivity contribution in [1.29, 1.82) is 0 Å². The van der Waals surface area contributed by atoms with Crippen LogP contribution >= 0.6 is 0 Å². The summed E-state index contributed by atoms with van der Waals surface area (Å²) in [4.78, 5) is 25.8. The third-order valence-electron chi connectivity index (χ3n) is 4.63. The first-order chi connectivity index (χ1) is 12.1. The maximum absolute atomic E-state index is 12.3. The van der Waals surface area contributed by atoms with Crippen molar-refractivity contribution in [2.45, 2.75) is 18.4 Å². The van der Waals surface area contributed by atoms with Crippen molar-refractivity contribution in [3.05, 3.63) is 47.9 Å². The first-order valence-electron chi connectivity index (χ1n) is 8.08. The molecular formula is C18H17NO6. The van der Waals surface area contributed by atoms with E-state index in [1.807, 2.05) is 18.2 Å². The van der Waals surface area contributed by atoms with Crippen LogP contribution in [-0.2, 0) is 4.79 Å². The summed E-state index contributed by atoms with van der Waals surface area (Å²) >= 11 is 0. The van der Waals surface area contributed by atoms with Gasteiger partial charge in [-0.15, -0.1) is 0 Å². The fraction of sp³-hybridized carbons (Fsp3) is 0.333. The number of Topliss-reactive ketones (excluding diaryl/α,β-unsaturated/α-hetero) is 1. The largest absolute Gasteiger partial charge is 0.461 e. The number of furan rings is 1. The lowest BCUT2D eigenvalue weighted by atomic mass is 9.86. The number of aliphatic hydroxyl groups excluding tert-OH is 1. The second-order valence-electron chi connectivity index (χ2n) is 6.13. The lowest BCUT2D eigenvalue weighted by Gasteiger charge is -2.35. The summed E-state index contributed by atoms with van der Waals surface area (Å²) in [7, 11) is 0. The molecule has 2 aliphatic rings. The summed E-state index contributed by atoms with van der Waals surface area (Å²) in [5, 5.41) is 10.5. The van der Waals surface area contributed by atoms with Gasteiger partial charge in [0.1, 0.15) is 0 Å². The third kappa shape index (κ3) is 2.87. The average molecular weight is 343 g/mol. The Morgan fingerprint density at radius 1 is 1.16 bits per heavy atom. The van der Waals surface area contributed by atoms with Crippen LogP contribution in [0.5, 0.6) is 11.5 Å². The standard InChI is InChI=1S/C18H17NO6/c20-13-9-19(18(22)17(21)15-2-1-7-23-15)6-5-12(13)11-3-4-14-16(8-11)25-10-24-14/h1-4,7-8,12-13,20H,5-6,9-10H2/t12-,13+/m0/s1. The zero-order valence-electron chi connectivity index (χ0n) is 13.4. The normalized spacial score (nSPS) is 22.0. The van der Waals surface area contributed by atoms with Gasteiger partial charge in [0.05, 0.1) is 12.4 Å². The van der Waals surface area contributed by atoms with Gasteiger partial charge in [-0.05, 0) is 36.2 Å². The lowest BCUT2D eigenvalue weighted by Crippen LogP contribution is -2.48. The summed E-state index contributed by atoms with van der Waals surface area (Å²) in [5.74, 6) is -0.113. The molecule has 130 valence electrons. The van der Waals surface area contributed by atoms with E-state index in [4.69, 9.17) is 13.9 Å². The third-order valence-corrected chi connectivity index (χ3v) is 4.63. The van der Waals surface area contributed by atoms with Gasteiger partial charge in [-0.2, -0.15) is 0 Å². The number of carbonyl (C=O) groups is 2. The monoisotopic (exact) mass is 343 g/mol. The number of amides is 1. The predicted octanol–water partition coefficient (Wildman–Crippen LogP) is 1.57. The van der Waals surface area contributed by atoms with Gasteiger partial charge in [-0.25, -0.2) is 0 Å². The van der Waals surface area contributed by atoms with Crippen LogP contribution in [0.3, 0.4) is 0 Å². The van der Waals surface area contributed by atoms with Crippen molar-refractivity contribution >= 4 is 11.7 Å². The van der Waals surface area contributed by atoms with Crippen LogP contribution in [0.25, 0.3) is 0 Å². The number of hydrogen-bond acceptors (Lipinski definition) is 6. The fourth-order valence-corrected chi connectivity index (χ4v) is 3.31. The van der Waals surface area contributed by atoms with Crippen molar-refractivity contribution < 1.29 is 28.6 Å². The van der Waals surface area contributed by atoms with Crippen molar-refractivity contribution in [1.82, 2.24) is 4.90 Å². The van der Waals surface area contributed by atoms with Gasteiger partial charge in [0.2, 0.25) is 6.79 Å². The van der Waals surface area contributed by atoms with E-state index in [2.05, 4.69) is 0 Å². The van der Waals surface area contributed by atoms with Gasteiger partial charge < -0.3 is 23.9 Å². The Labute approximate surface area is 143 Å². The molecule has 0 aliphatic carbocycles. The number of nitrogens with zero attached hydrogens (tertiary/aromatic N) is 1. The number of β-amino-alcohol motifs (C(OH)–C–C–N with tert-alkyl or cyclic N) is 1. The van der Waals surface area contributed by atoms with E-state index in [0.717, 1.165) is 5.56 Å². The minimum Gasteiger partial charge on any atom is -0.461 e. The van der Waals surface area contributed by atoms with Crippen LogP contribution in [0.1, 0.15) is 28.5 Å². The molecule has 7 heteroatoms. The Bertz CT molecular complexity index is 800. The molecule has 4 rings (SSSR count). The summed E-state index contributed by atoms with van der Waals surface area (Å²) in [6.45, 7) is 0.690. The number of fused-ring (bicyclic) bond motifs is 1. The summed E-state index contributed by atoms with van der Waals surface area (Å²) in [6.07, 6.45) is 1.14. The first-order valence-corrected chi connectivity index (χ1v) is 8.08. The molecule has 0 unspecified atom stereocenters.